The van der Waals surface area contributed by atoms with E-state index in [1.807, 2.05) is 6.07 Å². The lowest BCUT2D eigenvalue weighted by Crippen LogP contribution is -2.47. The zero-order valence-electron chi connectivity index (χ0n) is 20.9. The zero-order valence-corrected chi connectivity index (χ0v) is 20.9. The minimum atomic E-state index is -1.35. The average molecular weight is 533 g/mol. The van der Waals surface area contributed by atoms with Crippen LogP contribution in [0.4, 0.5) is 26.4 Å². The predicted molar refractivity (Wildman–Crippen MR) is 140 cm³/mol. The van der Waals surface area contributed by atoms with Crippen molar-refractivity contribution in [2.45, 2.75) is 25.7 Å². The number of rotatable bonds is 5. The highest BCUT2D eigenvalue weighted by molar-refractivity contribution is 6.11. The standard InChI is InChI=1S/C27H25FN6O5/c1-15(35)22-14-32(8-9-39-22)17-2-5-23(29-11-17)31-20-4-3-18(19-13-34(27(37)38)26(36)25(19)20)21-12-30-24-10-16(28)6-7-33(21)24/h2-7,10-12,15,22,35H,8-9,13-14H2,1H3,(H,29,31)(H,37,38)/t15?,22-/m0/s1. The molecule has 6 rings (SSSR count). The maximum Gasteiger partial charge on any atom is 0.414 e. The molecule has 39 heavy (non-hydrogen) atoms. The molecule has 2 aliphatic rings. The zero-order chi connectivity index (χ0) is 27.3. The van der Waals surface area contributed by atoms with Gasteiger partial charge in [-0.3, -0.25) is 9.20 Å². The van der Waals surface area contributed by atoms with E-state index in [2.05, 4.69) is 20.2 Å². The number of aliphatic hydroxyl groups is 1. The fourth-order valence-electron chi connectivity index (χ4n) is 5.06. The highest BCUT2D eigenvalue weighted by Crippen LogP contribution is 2.38. The van der Waals surface area contributed by atoms with E-state index < -0.39 is 23.9 Å². The van der Waals surface area contributed by atoms with Crippen LogP contribution >= 0.6 is 0 Å². The van der Waals surface area contributed by atoms with Crippen molar-refractivity contribution < 1.29 is 28.9 Å². The minimum Gasteiger partial charge on any atom is -0.465 e. The number of pyridine rings is 2. The molecule has 1 fully saturated rings. The Morgan fingerprint density at radius 3 is 2.79 bits per heavy atom. The molecule has 200 valence electrons. The Labute approximate surface area is 222 Å². The maximum absolute atomic E-state index is 13.7. The van der Waals surface area contributed by atoms with Crippen LogP contribution in [0.3, 0.4) is 0 Å². The first kappa shape index (κ1) is 24.8. The Morgan fingerprint density at radius 2 is 2.05 bits per heavy atom. The molecule has 12 heteroatoms. The molecule has 11 nitrogen and oxygen atoms in total. The predicted octanol–water partition coefficient (Wildman–Crippen LogP) is 3.50. The van der Waals surface area contributed by atoms with Crippen LogP contribution < -0.4 is 10.2 Å². The lowest BCUT2D eigenvalue weighted by Gasteiger charge is -2.35. The highest BCUT2D eigenvalue weighted by atomic mass is 19.1. The maximum atomic E-state index is 13.7. The normalized spacial score (nSPS) is 17.9. The number of ether oxygens (including phenoxy) is 1. The van der Waals surface area contributed by atoms with E-state index in [-0.39, 0.29) is 18.2 Å². The number of morpholine rings is 1. The number of aliphatic hydroxyl groups excluding tert-OH is 1. The number of halogens is 1. The van der Waals surface area contributed by atoms with Crippen molar-refractivity contribution in [3.63, 3.8) is 0 Å². The van der Waals surface area contributed by atoms with Gasteiger partial charge in [-0.25, -0.2) is 24.1 Å². The Bertz CT molecular complexity index is 1590. The molecule has 5 heterocycles. The number of nitrogens with zero attached hydrogens (tertiary/aromatic N) is 5. The molecule has 0 radical (unpaired) electrons. The Balaban J connectivity index is 1.33. The van der Waals surface area contributed by atoms with E-state index in [0.717, 1.165) is 10.6 Å². The van der Waals surface area contributed by atoms with Gasteiger partial charge in [0.25, 0.3) is 5.91 Å². The number of benzene rings is 1. The van der Waals surface area contributed by atoms with Crippen LogP contribution in [-0.2, 0) is 11.3 Å². The molecule has 1 aromatic carbocycles. The Kier molecular flexibility index (Phi) is 6.12. The van der Waals surface area contributed by atoms with Crippen LogP contribution in [-0.4, -0.2) is 73.4 Å². The number of hydrogen-bond donors (Lipinski definition) is 3. The van der Waals surface area contributed by atoms with Crippen LogP contribution in [0.25, 0.3) is 16.9 Å². The van der Waals surface area contributed by atoms with Crippen LogP contribution in [0.15, 0.2) is 55.0 Å². The number of carbonyl (C=O) groups is 2. The summed E-state index contributed by atoms with van der Waals surface area (Å²) in [6, 6.07) is 9.74. The number of hydrogen-bond acceptors (Lipinski definition) is 8. The summed E-state index contributed by atoms with van der Waals surface area (Å²) in [5.74, 6) is -0.594. The summed E-state index contributed by atoms with van der Waals surface area (Å²) in [7, 11) is 0. The quantitative estimate of drug-likeness (QED) is 0.353. The van der Waals surface area contributed by atoms with Crippen molar-refractivity contribution in [3.8, 4) is 11.3 Å². The Morgan fingerprint density at radius 1 is 1.21 bits per heavy atom. The highest BCUT2D eigenvalue weighted by Gasteiger charge is 2.37. The largest absolute Gasteiger partial charge is 0.465 e. The molecular formula is C27H25FN6O5. The molecular weight excluding hydrogens is 507 g/mol. The summed E-state index contributed by atoms with van der Waals surface area (Å²) in [5.41, 5.74) is 3.66. The fraction of sp³-hybridized carbons (Fsp3) is 0.259. The van der Waals surface area contributed by atoms with Crippen LogP contribution in [0, 0.1) is 5.82 Å². The smallest absolute Gasteiger partial charge is 0.414 e. The number of amides is 2. The molecule has 2 atom stereocenters. The van der Waals surface area contributed by atoms with E-state index in [1.54, 1.807) is 48.1 Å². The number of carbonyl (C=O) groups excluding carboxylic acids is 1. The number of imide groups is 1. The van der Waals surface area contributed by atoms with Gasteiger partial charge in [0, 0.05) is 30.9 Å². The van der Waals surface area contributed by atoms with Gasteiger partial charge in [0.2, 0.25) is 0 Å². The number of aromatic nitrogens is 3. The lowest BCUT2D eigenvalue weighted by molar-refractivity contribution is -0.0364. The van der Waals surface area contributed by atoms with Gasteiger partial charge >= 0.3 is 6.09 Å². The fourth-order valence-corrected chi connectivity index (χ4v) is 5.06. The topological polar surface area (TPSA) is 133 Å². The number of anilines is 3. The minimum absolute atomic E-state index is 0.128. The second-order valence-electron chi connectivity index (χ2n) is 9.53. The molecule has 0 spiro atoms. The second kappa shape index (κ2) is 9.64. The van der Waals surface area contributed by atoms with Gasteiger partial charge in [0.05, 0.1) is 54.3 Å². The molecule has 0 aliphatic carbocycles. The van der Waals surface area contributed by atoms with Crippen molar-refractivity contribution >= 4 is 34.8 Å². The van der Waals surface area contributed by atoms with E-state index in [9.17, 15) is 24.2 Å². The first-order valence-electron chi connectivity index (χ1n) is 12.4. The first-order valence-corrected chi connectivity index (χ1v) is 12.4. The van der Waals surface area contributed by atoms with Crippen molar-refractivity contribution in [2.75, 3.05) is 29.9 Å². The second-order valence-corrected chi connectivity index (χ2v) is 9.53. The van der Waals surface area contributed by atoms with Crippen molar-refractivity contribution in [3.05, 3.63) is 71.9 Å². The van der Waals surface area contributed by atoms with Crippen molar-refractivity contribution in [1.82, 2.24) is 19.3 Å². The van der Waals surface area contributed by atoms with Gasteiger partial charge in [0.15, 0.2) is 0 Å². The summed E-state index contributed by atoms with van der Waals surface area (Å²) >= 11 is 0. The van der Waals surface area contributed by atoms with Crippen LogP contribution in [0.1, 0.15) is 22.8 Å². The molecule has 2 aliphatic heterocycles. The molecule has 1 saturated heterocycles. The monoisotopic (exact) mass is 532 g/mol. The van der Waals surface area contributed by atoms with Gasteiger partial charge in [-0.1, -0.05) is 6.07 Å². The molecule has 3 aromatic heterocycles. The summed E-state index contributed by atoms with van der Waals surface area (Å²) in [4.78, 5) is 36.6. The van der Waals surface area contributed by atoms with Gasteiger partial charge in [-0.05, 0) is 36.8 Å². The van der Waals surface area contributed by atoms with Gasteiger partial charge in [0.1, 0.15) is 23.4 Å². The average Bonchev–Trinajstić information content (AvgIpc) is 3.50. The SMILES string of the molecule is CC(O)[C@@H]1CN(c2ccc(Nc3ccc(-c4cnc5cc(F)ccn45)c4c3C(=O)N(C(=O)O)C4)nc2)CCO1. The van der Waals surface area contributed by atoms with E-state index in [0.29, 0.717) is 53.7 Å². The first-order chi connectivity index (χ1) is 18.8. The van der Waals surface area contributed by atoms with Crippen LogP contribution in [0.5, 0.6) is 0 Å². The third-order valence-corrected chi connectivity index (χ3v) is 7.08. The lowest BCUT2D eigenvalue weighted by atomic mass is 9.99. The number of carboxylic acid groups (broad SMARTS) is 1. The summed E-state index contributed by atoms with van der Waals surface area (Å²) < 4.78 is 21.0. The number of fused-ring (bicyclic) bond motifs is 2. The Hall–Kier alpha value is -4.55. The molecule has 4 aromatic rings. The van der Waals surface area contributed by atoms with E-state index >= 15 is 0 Å². The summed E-state index contributed by atoms with van der Waals surface area (Å²) in [5, 5.41) is 22.7. The number of imidazole rings is 1. The van der Waals surface area contributed by atoms with Crippen molar-refractivity contribution in [2.24, 2.45) is 0 Å². The van der Waals surface area contributed by atoms with Gasteiger partial charge < -0.3 is 25.2 Å². The van der Waals surface area contributed by atoms with E-state index in [4.69, 9.17) is 4.74 Å². The third-order valence-electron chi connectivity index (χ3n) is 7.08. The van der Waals surface area contributed by atoms with Crippen LogP contribution in [0.2, 0.25) is 0 Å². The van der Waals surface area contributed by atoms with Crippen molar-refractivity contribution in [1.29, 1.82) is 0 Å². The summed E-state index contributed by atoms with van der Waals surface area (Å²) in [6.45, 7) is 3.28. The van der Waals surface area contributed by atoms with Gasteiger partial charge in [-0.2, -0.15) is 0 Å². The number of nitrogens with one attached hydrogen (secondary N) is 1. The van der Waals surface area contributed by atoms with E-state index in [1.165, 1.54) is 12.1 Å². The molecule has 3 N–H and O–H groups in total. The molecule has 0 bridgehead atoms. The molecule has 1 unspecified atom stereocenters. The molecule has 0 saturated carbocycles. The third kappa shape index (κ3) is 4.43. The van der Waals surface area contributed by atoms with Gasteiger partial charge in [-0.15, -0.1) is 0 Å². The molecule has 2 amide bonds. The summed E-state index contributed by atoms with van der Waals surface area (Å²) in [6.07, 6.45) is 2.59.